The first-order valence-electron chi connectivity index (χ1n) is 6.85. The summed E-state index contributed by atoms with van der Waals surface area (Å²) < 4.78 is 0. The second kappa shape index (κ2) is 5.67. The highest BCUT2D eigenvalue weighted by Crippen LogP contribution is 2.30. The average molecular weight is 224 g/mol. The molecule has 2 fully saturated rings. The molecule has 2 rings (SSSR count). The molecule has 1 aliphatic carbocycles. The number of rotatable bonds is 5. The van der Waals surface area contributed by atoms with Crippen LogP contribution in [0.3, 0.4) is 0 Å². The molecule has 1 atom stereocenters. The molecule has 0 aromatic rings. The standard InChI is InChI=1S/C13H24N2O/c1-2-3-6-9-15-12(16)10-14-13(15)11-7-4-5-8-11/h11,13-14H,2-10H2,1H3. The maximum Gasteiger partial charge on any atom is 0.237 e. The quantitative estimate of drug-likeness (QED) is 0.726. The van der Waals surface area contributed by atoms with Crippen LogP contribution in [0.2, 0.25) is 0 Å². The lowest BCUT2D eigenvalue weighted by Gasteiger charge is -2.29. The van der Waals surface area contributed by atoms with Gasteiger partial charge >= 0.3 is 0 Å². The zero-order valence-electron chi connectivity index (χ0n) is 10.4. The summed E-state index contributed by atoms with van der Waals surface area (Å²) in [6, 6.07) is 0. The molecule has 92 valence electrons. The molecule has 0 aromatic heterocycles. The molecule has 16 heavy (non-hydrogen) atoms. The van der Waals surface area contributed by atoms with E-state index >= 15 is 0 Å². The van der Waals surface area contributed by atoms with Crippen molar-refractivity contribution >= 4 is 5.91 Å². The smallest absolute Gasteiger partial charge is 0.237 e. The second-order valence-electron chi connectivity index (χ2n) is 5.16. The van der Waals surface area contributed by atoms with Crippen LogP contribution in [-0.2, 0) is 4.79 Å². The van der Waals surface area contributed by atoms with Crippen molar-refractivity contribution < 1.29 is 4.79 Å². The Kier molecular flexibility index (Phi) is 4.22. The van der Waals surface area contributed by atoms with E-state index in [1.165, 1.54) is 38.5 Å². The Morgan fingerprint density at radius 1 is 1.31 bits per heavy atom. The maximum absolute atomic E-state index is 11.8. The van der Waals surface area contributed by atoms with Gasteiger partial charge in [0.25, 0.3) is 0 Å². The van der Waals surface area contributed by atoms with Crippen molar-refractivity contribution in [3.63, 3.8) is 0 Å². The summed E-state index contributed by atoms with van der Waals surface area (Å²) in [4.78, 5) is 13.9. The van der Waals surface area contributed by atoms with Gasteiger partial charge in [-0.1, -0.05) is 32.6 Å². The summed E-state index contributed by atoms with van der Waals surface area (Å²) in [5.41, 5.74) is 0. The van der Waals surface area contributed by atoms with Crippen LogP contribution < -0.4 is 5.32 Å². The van der Waals surface area contributed by atoms with Gasteiger partial charge in [-0.15, -0.1) is 0 Å². The SMILES string of the molecule is CCCCCN1C(=O)CNC1C1CCCC1. The lowest BCUT2D eigenvalue weighted by Crippen LogP contribution is -2.42. The molecule has 2 aliphatic rings. The molecule has 3 nitrogen and oxygen atoms in total. The molecule has 1 unspecified atom stereocenters. The first-order valence-corrected chi connectivity index (χ1v) is 6.85. The van der Waals surface area contributed by atoms with E-state index < -0.39 is 0 Å². The third-order valence-corrected chi connectivity index (χ3v) is 3.97. The first-order chi connectivity index (χ1) is 7.83. The minimum Gasteiger partial charge on any atom is -0.326 e. The summed E-state index contributed by atoms with van der Waals surface area (Å²) in [6.45, 7) is 3.73. The van der Waals surface area contributed by atoms with E-state index in [1.54, 1.807) is 0 Å². The Bertz CT molecular complexity index is 236. The number of amides is 1. The summed E-state index contributed by atoms with van der Waals surface area (Å²) >= 11 is 0. The number of hydrogen-bond donors (Lipinski definition) is 1. The second-order valence-corrected chi connectivity index (χ2v) is 5.16. The van der Waals surface area contributed by atoms with Crippen molar-refractivity contribution in [1.29, 1.82) is 0 Å². The van der Waals surface area contributed by atoms with Gasteiger partial charge in [-0.3, -0.25) is 10.1 Å². The van der Waals surface area contributed by atoms with Crippen molar-refractivity contribution in [2.24, 2.45) is 5.92 Å². The zero-order valence-corrected chi connectivity index (χ0v) is 10.4. The molecule has 1 saturated carbocycles. The average Bonchev–Trinajstić information content (AvgIpc) is 2.89. The van der Waals surface area contributed by atoms with Gasteiger partial charge < -0.3 is 4.90 Å². The highest BCUT2D eigenvalue weighted by molar-refractivity contribution is 5.80. The van der Waals surface area contributed by atoms with Crippen molar-refractivity contribution in [3.05, 3.63) is 0 Å². The van der Waals surface area contributed by atoms with Gasteiger partial charge in [-0.25, -0.2) is 0 Å². The third kappa shape index (κ3) is 2.57. The van der Waals surface area contributed by atoms with Crippen LogP contribution in [-0.4, -0.2) is 30.1 Å². The minimum atomic E-state index is 0.313. The van der Waals surface area contributed by atoms with Crippen molar-refractivity contribution in [1.82, 2.24) is 10.2 Å². The van der Waals surface area contributed by atoms with E-state index in [9.17, 15) is 4.79 Å². The molecule has 0 aromatic carbocycles. The number of nitrogens with one attached hydrogen (secondary N) is 1. The van der Waals surface area contributed by atoms with Gasteiger partial charge in [-0.05, 0) is 25.2 Å². The predicted molar refractivity (Wildman–Crippen MR) is 65.0 cm³/mol. The van der Waals surface area contributed by atoms with Crippen LogP contribution in [0.5, 0.6) is 0 Å². The van der Waals surface area contributed by atoms with Crippen LogP contribution >= 0.6 is 0 Å². The third-order valence-electron chi connectivity index (χ3n) is 3.97. The van der Waals surface area contributed by atoms with E-state index in [2.05, 4.69) is 17.1 Å². The van der Waals surface area contributed by atoms with Gasteiger partial charge in [0, 0.05) is 6.54 Å². The minimum absolute atomic E-state index is 0.313. The summed E-state index contributed by atoms with van der Waals surface area (Å²) in [6.07, 6.45) is 9.27. The number of unbranched alkanes of at least 4 members (excludes halogenated alkanes) is 2. The molecule has 1 heterocycles. The number of nitrogens with zero attached hydrogens (tertiary/aromatic N) is 1. The predicted octanol–water partition coefficient (Wildman–Crippen LogP) is 2.12. The van der Waals surface area contributed by atoms with Gasteiger partial charge in [0.1, 0.15) is 0 Å². The molecule has 1 aliphatic heterocycles. The van der Waals surface area contributed by atoms with Crippen LogP contribution in [0.15, 0.2) is 0 Å². The molecular weight excluding hydrogens is 200 g/mol. The van der Waals surface area contributed by atoms with E-state index in [-0.39, 0.29) is 0 Å². The van der Waals surface area contributed by atoms with Gasteiger partial charge in [0.15, 0.2) is 0 Å². The number of hydrogen-bond acceptors (Lipinski definition) is 2. The normalized spacial score (nSPS) is 26.9. The Morgan fingerprint density at radius 3 is 2.75 bits per heavy atom. The van der Waals surface area contributed by atoms with E-state index in [4.69, 9.17) is 0 Å². The van der Waals surface area contributed by atoms with Crippen LogP contribution in [0.4, 0.5) is 0 Å². The lowest BCUT2D eigenvalue weighted by atomic mass is 10.0. The Labute approximate surface area is 98.6 Å². The molecule has 0 spiro atoms. The van der Waals surface area contributed by atoms with Crippen molar-refractivity contribution in [3.8, 4) is 0 Å². The van der Waals surface area contributed by atoms with Crippen LogP contribution in [0.1, 0.15) is 51.9 Å². The first kappa shape index (κ1) is 11.9. The van der Waals surface area contributed by atoms with E-state index in [1.807, 2.05) is 0 Å². The van der Waals surface area contributed by atoms with E-state index in [0.29, 0.717) is 24.5 Å². The molecule has 3 heteroatoms. The topological polar surface area (TPSA) is 32.3 Å². The number of carbonyl (C=O) groups is 1. The Morgan fingerprint density at radius 2 is 2.06 bits per heavy atom. The summed E-state index contributed by atoms with van der Waals surface area (Å²) in [5.74, 6) is 1.03. The van der Waals surface area contributed by atoms with Crippen LogP contribution in [0.25, 0.3) is 0 Å². The van der Waals surface area contributed by atoms with Crippen LogP contribution in [0, 0.1) is 5.92 Å². The summed E-state index contributed by atoms with van der Waals surface area (Å²) in [5, 5.41) is 3.40. The molecular formula is C13H24N2O. The van der Waals surface area contributed by atoms with Gasteiger partial charge in [0.2, 0.25) is 5.91 Å². The van der Waals surface area contributed by atoms with E-state index in [0.717, 1.165) is 13.0 Å². The number of carbonyl (C=O) groups excluding carboxylic acids is 1. The highest BCUT2D eigenvalue weighted by atomic mass is 16.2. The van der Waals surface area contributed by atoms with Gasteiger partial charge in [-0.2, -0.15) is 0 Å². The highest BCUT2D eigenvalue weighted by Gasteiger charge is 2.36. The maximum atomic E-state index is 11.8. The fourth-order valence-corrected chi connectivity index (χ4v) is 3.05. The van der Waals surface area contributed by atoms with Crippen molar-refractivity contribution in [2.45, 2.75) is 58.0 Å². The lowest BCUT2D eigenvalue weighted by molar-refractivity contribution is -0.128. The molecule has 1 saturated heterocycles. The zero-order chi connectivity index (χ0) is 11.4. The monoisotopic (exact) mass is 224 g/mol. The fourth-order valence-electron chi connectivity index (χ4n) is 3.05. The Balaban J connectivity index is 1.87. The van der Waals surface area contributed by atoms with Crippen molar-refractivity contribution in [2.75, 3.05) is 13.1 Å². The molecule has 0 bridgehead atoms. The largest absolute Gasteiger partial charge is 0.326 e. The molecule has 1 amide bonds. The fraction of sp³-hybridized carbons (Fsp3) is 0.923. The summed E-state index contributed by atoms with van der Waals surface area (Å²) in [7, 11) is 0. The van der Waals surface area contributed by atoms with Gasteiger partial charge in [0.05, 0.1) is 12.7 Å². The molecule has 1 N–H and O–H groups in total. The Hall–Kier alpha value is -0.570. The molecule has 0 radical (unpaired) electrons.